The molecule has 0 radical (unpaired) electrons. The summed E-state index contributed by atoms with van der Waals surface area (Å²) in [6.07, 6.45) is 4.07. The van der Waals surface area contributed by atoms with Crippen molar-refractivity contribution in [2.75, 3.05) is 12.4 Å². The predicted molar refractivity (Wildman–Crippen MR) is 71.4 cm³/mol. The van der Waals surface area contributed by atoms with E-state index in [2.05, 4.69) is 5.32 Å². The molecule has 1 amide bonds. The van der Waals surface area contributed by atoms with Crippen LogP contribution in [0.4, 0.5) is 5.69 Å². The summed E-state index contributed by atoms with van der Waals surface area (Å²) in [6, 6.07) is 8.74. The number of ether oxygens (including phenoxy) is 1. The van der Waals surface area contributed by atoms with E-state index in [1.54, 1.807) is 54.4 Å². The van der Waals surface area contributed by atoms with Crippen LogP contribution in [0.5, 0.6) is 5.75 Å². The van der Waals surface area contributed by atoms with E-state index in [9.17, 15) is 9.59 Å². The number of amides is 1. The fourth-order valence-corrected chi connectivity index (χ4v) is 1.67. The summed E-state index contributed by atoms with van der Waals surface area (Å²) in [4.78, 5) is 22.3. The van der Waals surface area contributed by atoms with Crippen molar-refractivity contribution in [3.05, 3.63) is 48.3 Å². The van der Waals surface area contributed by atoms with Crippen molar-refractivity contribution < 1.29 is 14.3 Å². The zero-order valence-electron chi connectivity index (χ0n) is 10.5. The van der Waals surface area contributed by atoms with Gasteiger partial charge in [-0.1, -0.05) is 0 Å². The molecule has 0 saturated heterocycles. The third-order valence-corrected chi connectivity index (χ3v) is 2.61. The first-order chi connectivity index (χ1) is 9.21. The highest BCUT2D eigenvalue weighted by atomic mass is 16.5. The van der Waals surface area contributed by atoms with Crippen molar-refractivity contribution in [3.63, 3.8) is 0 Å². The third kappa shape index (κ3) is 3.45. The molecule has 0 aliphatic rings. The van der Waals surface area contributed by atoms with Gasteiger partial charge in [-0.25, -0.2) is 0 Å². The smallest absolute Gasteiger partial charge is 0.244 e. The minimum absolute atomic E-state index is 0.154. The summed E-state index contributed by atoms with van der Waals surface area (Å²) in [5, 5.41) is 2.77. The van der Waals surface area contributed by atoms with Gasteiger partial charge < -0.3 is 14.6 Å². The van der Waals surface area contributed by atoms with Crippen molar-refractivity contribution in [1.29, 1.82) is 0 Å². The van der Waals surface area contributed by atoms with Crippen molar-refractivity contribution in [1.82, 2.24) is 4.57 Å². The van der Waals surface area contributed by atoms with Crippen LogP contribution < -0.4 is 10.1 Å². The molecule has 0 aliphatic carbocycles. The second kappa shape index (κ2) is 5.86. The number of benzene rings is 1. The van der Waals surface area contributed by atoms with E-state index >= 15 is 0 Å². The Morgan fingerprint density at radius 3 is 2.63 bits per heavy atom. The number of nitrogens with one attached hydrogen (secondary N) is 1. The molecule has 1 heterocycles. The number of carbonyl (C=O) groups is 2. The Kier molecular flexibility index (Phi) is 3.97. The number of aromatic nitrogens is 1. The lowest BCUT2D eigenvalue weighted by molar-refractivity contribution is -0.116. The summed E-state index contributed by atoms with van der Waals surface area (Å²) >= 11 is 0. The van der Waals surface area contributed by atoms with Gasteiger partial charge in [-0.2, -0.15) is 0 Å². The molecule has 0 bridgehead atoms. The van der Waals surface area contributed by atoms with Crippen molar-refractivity contribution in [3.8, 4) is 5.75 Å². The van der Waals surface area contributed by atoms with Gasteiger partial charge in [-0.15, -0.1) is 0 Å². The average Bonchev–Trinajstić information content (AvgIpc) is 2.87. The molecule has 2 aromatic rings. The normalized spacial score (nSPS) is 9.95. The molecular formula is C14H14N2O3. The molecular weight excluding hydrogens is 244 g/mol. The minimum atomic E-state index is -0.154. The van der Waals surface area contributed by atoms with Gasteiger partial charge in [0.25, 0.3) is 0 Å². The van der Waals surface area contributed by atoms with Crippen LogP contribution in [0.1, 0.15) is 10.4 Å². The fraction of sp³-hybridized carbons (Fsp3) is 0.143. The van der Waals surface area contributed by atoms with E-state index < -0.39 is 0 Å². The standard InChI is InChI=1S/C14H14N2O3/c1-19-13-4-2-12(3-5-13)15-14(18)9-16-7-6-11(8-16)10-17/h2-8,10H,9H2,1H3,(H,15,18). The first kappa shape index (κ1) is 12.9. The van der Waals surface area contributed by atoms with Gasteiger partial charge >= 0.3 is 0 Å². The summed E-state index contributed by atoms with van der Waals surface area (Å²) in [5.41, 5.74) is 1.26. The van der Waals surface area contributed by atoms with Gasteiger partial charge in [-0.05, 0) is 30.3 Å². The lowest BCUT2D eigenvalue weighted by Crippen LogP contribution is -2.17. The van der Waals surface area contributed by atoms with Crippen LogP contribution in [0.15, 0.2) is 42.7 Å². The molecule has 1 N–H and O–H groups in total. The van der Waals surface area contributed by atoms with Gasteiger partial charge in [0, 0.05) is 23.6 Å². The number of nitrogens with zero attached hydrogens (tertiary/aromatic N) is 1. The minimum Gasteiger partial charge on any atom is -0.497 e. The molecule has 2 rings (SSSR count). The maximum absolute atomic E-state index is 11.8. The second-order valence-electron chi connectivity index (χ2n) is 4.01. The Bertz CT molecular complexity index is 573. The van der Waals surface area contributed by atoms with Gasteiger partial charge in [0.2, 0.25) is 5.91 Å². The molecule has 5 heteroatoms. The third-order valence-electron chi connectivity index (χ3n) is 2.61. The SMILES string of the molecule is COc1ccc(NC(=O)Cn2ccc(C=O)c2)cc1. The Morgan fingerprint density at radius 2 is 2.05 bits per heavy atom. The number of hydrogen-bond acceptors (Lipinski definition) is 3. The largest absolute Gasteiger partial charge is 0.497 e. The van der Waals surface area contributed by atoms with Gasteiger partial charge in [-0.3, -0.25) is 9.59 Å². The van der Waals surface area contributed by atoms with Crippen LogP contribution >= 0.6 is 0 Å². The monoisotopic (exact) mass is 258 g/mol. The molecule has 0 fully saturated rings. The van der Waals surface area contributed by atoms with E-state index in [1.807, 2.05) is 0 Å². The molecule has 0 aliphatic heterocycles. The molecule has 1 aromatic carbocycles. The highest BCUT2D eigenvalue weighted by Gasteiger charge is 2.04. The zero-order valence-corrected chi connectivity index (χ0v) is 10.5. The van der Waals surface area contributed by atoms with Crippen molar-refractivity contribution >= 4 is 17.9 Å². The number of rotatable bonds is 5. The molecule has 0 saturated carbocycles. The second-order valence-corrected chi connectivity index (χ2v) is 4.01. The van der Waals surface area contributed by atoms with Crippen LogP contribution in [-0.4, -0.2) is 23.9 Å². The highest BCUT2D eigenvalue weighted by molar-refractivity contribution is 5.90. The summed E-state index contributed by atoms with van der Waals surface area (Å²) in [6.45, 7) is 0.167. The van der Waals surface area contributed by atoms with Gasteiger partial charge in [0.05, 0.1) is 7.11 Å². The lowest BCUT2D eigenvalue weighted by Gasteiger charge is -2.06. The Morgan fingerprint density at radius 1 is 1.32 bits per heavy atom. The molecule has 0 atom stereocenters. The van der Waals surface area contributed by atoms with Gasteiger partial charge in [0.1, 0.15) is 12.3 Å². The first-order valence-electron chi connectivity index (χ1n) is 5.76. The average molecular weight is 258 g/mol. The highest BCUT2D eigenvalue weighted by Crippen LogP contribution is 2.14. The van der Waals surface area contributed by atoms with Crippen LogP contribution in [0.25, 0.3) is 0 Å². The van der Waals surface area contributed by atoms with Crippen molar-refractivity contribution in [2.24, 2.45) is 0 Å². The molecule has 19 heavy (non-hydrogen) atoms. The lowest BCUT2D eigenvalue weighted by atomic mass is 10.3. The Labute approximate surface area is 110 Å². The zero-order chi connectivity index (χ0) is 13.7. The van der Waals surface area contributed by atoms with E-state index in [-0.39, 0.29) is 12.5 Å². The number of carbonyl (C=O) groups excluding carboxylic acids is 2. The van der Waals surface area contributed by atoms with E-state index in [1.165, 1.54) is 0 Å². The summed E-state index contributed by atoms with van der Waals surface area (Å²) in [5.74, 6) is 0.581. The van der Waals surface area contributed by atoms with Crippen LogP contribution in [-0.2, 0) is 11.3 Å². The maximum Gasteiger partial charge on any atom is 0.244 e. The Balaban J connectivity index is 1.94. The van der Waals surface area contributed by atoms with E-state index in [0.29, 0.717) is 11.3 Å². The summed E-state index contributed by atoms with van der Waals surface area (Å²) < 4.78 is 6.69. The quantitative estimate of drug-likeness (QED) is 0.834. The van der Waals surface area contributed by atoms with Gasteiger partial charge in [0.15, 0.2) is 6.29 Å². The number of methoxy groups -OCH3 is 1. The molecule has 1 aromatic heterocycles. The molecule has 5 nitrogen and oxygen atoms in total. The summed E-state index contributed by atoms with van der Waals surface area (Å²) in [7, 11) is 1.59. The van der Waals surface area contributed by atoms with Crippen LogP contribution in [0, 0.1) is 0 Å². The predicted octanol–water partition coefficient (Wildman–Crippen LogP) is 1.95. The van der Waals surface area contributed by atoms with Crippen molar-refractivity contribution in [2.45, 2.75) is 6.54 Å². The molecule has 0 spiro atoms. The Hall–Kier alpha value is -2.56. The first-order valence-corrected chi connectivity index (χ1v) is 5.76. The fourth-order valence-electron chi connectivity index (χ4n) is 1.67. The maximum atomic E-state index is 11.8. The van der Waals surface area contributed by atoms with Crippen LogP contribution in [0.2, 0.25) is 0 Å². The van der Waals surface area contributed by atoms with E-state index in [0.717, 1.165) is 12.0 Å². The molecule has 0 unspecified atom stereocenters. The van der Waals surface area contributed by atoms with E-state index in [4.69, 9.17) is 4.74 Å². The topological polar surface area (TPSA) is 60.3 Å². The number of anilines is 1. The number of aldehydes is 1. The molecule has 98 valence electrons. The number of hydrogen-bond donors (Lipinski definition) is 1. The van der Waals surface area contributed by atoms with Crippen LogP contribution in [0.3, 0.4) is 0 Å².